The van der Waals surface area contributed by atoms with Gasteiger partial charge in [0.15, 0.2) is 0 Å². The number of likely N-dealkylation sites (tertiary alicyclic amines) is 1. The number of piperidine rings is 1. The summed E-state index contributed by atoms with van der Waals surface area (Å²) >= 11 is 0. The summed E-state index contributed by atoms with van der Waals surface area (Å²) in [4.78, 5) is 27.6. The second-order valence-electron chi connectivity index (χ2n) is 10.2. The molecule has 3 atom stereocenters. The number of fused-ring (bicyclic) bond motifs is 1. The molecule has 31 heavy (non-hydrogen) atoms. The van der Waals surface area contributed by atoms with Crippen LogP contribution in [0.2, 0.25) is 0 Å². The van der Waals surface area contributed by atoms with Crippen molar-refractivity contribution in [3.8, 4) is 0 Å². The van der Waals surface area contributed by atoms with E-state index in [0.717, 1.165) is 75.7 Å². The first-order chi connectivity index (χ1) is 15.2. The SMILES string of the molecule is O=C(Nc1cccc([C@@H]2C[C@H]3CN(C(=O)C4CCCC4)CC[C@@H]3O2)c1)C1CCCCC1. The standard InChI is InChI=1S/C26H36N2O3/c29-25(18-7-2-1-3-8-18)27-22-12-6-11-20(15-22)24-16-21-17-28(14-13-23(21)31-24)26(30)19-9-4-5-10-19/h6,11-12,15,18-19,21,23-24H,1-5,7-10,13-14,16-17H2,(H,27,29)/t21-,23-,24-/m0/s1. The number of benzene rings is 1. The Morgan fingerprint density at radius 1 is 0.935 bits per heavy atom. The number of hydrogen-bond acceptors (Lipinski definition) is 3. The van der Waals surface area contributed by atoms with Crippen molar-refractivity contribution < 1.29 is 14.3 Å². The first-order valence-electron chi connectivity index (χ1n) is 12.5. The zero-order valence-corrected chi connectivity index (χ0v) is 18.6. The van der Waals surface area contributed by atoms with Crippen molar-refractivity contribution in [1.29, 1.82) is 0 Å². The van der Waals surface area contributed by atoms with E-state index in [1.807, 2.05) is 12.1 Å². The van der Waals surface area contributed by atoms with Crippen molar-refractivity contribution in [3.63, 3.8) is 0 Å². The Morgan fingerprint density at radius 3 is 2.48 bits per heavy atom. The van der Waals surface area contributed by atoms with Crippen molar-refractivity contribution in [2.75, 3.05) is 18.4 Å². The molecule has 0 aromatic heterocycles. The number of anilines is 1. The van der Waals surface area contributed by atoms with Gasteiger partial charge in [0.25, 0.3) is 0 Å². The predicted molar refractivity (Wildman–Crippen MR) is 121 cm³/mol. The molecule has 0 bridgehead atoms. The van der Waals surface area contributed by atoms with Gasteiger partial charge in [-0.25, -0.2) is 0 Å². The number of amides is 2. The van der Waals surface area contributed by atoms with Crippen LogP contribution in [-0.4, -0.2) is 35.9 Å². The number of ether oxygens (including phenoxy) is 1. The van der Waals surface area contributed by atoms with Crippen molar-refractivity contribution in [2.24, 2.45) is 17.8 Å². The molecule has 1 N–H and O–H groups in total. The zero-order chi connectivity index (χ0) is 21.2. The van der Waals surface area contributed by atoms with E-state index in [9.17, 15) is 9.59 Å². The van der Waals surface area contributed by atoms with Crippen molar-refractivity contribution in [3.05, 3.63) is 29.8 Å². The maximum atomic E-state index is 12.9. The second kappa shape index (κ2) is 9.32. The Kier molecular flexibility index (Phi) is 6.31. The van der Waals surface area contributed by atoms with Gasteiger partial charge in [-0.2, -0.15) is 0 Å². The largest absolute Gasteiger partial charge is 0.370 e. The van der Waals surface area contributed by atoms with Crippen LogP contribution in [-0.2, 0) is 14.3 Å². The topological polar surface area (TPSA) is 58.6 Å². The molecule has 2 aliphatic carbocycles. The summed E-state index contributed by atoms with van der Waals surface area (Å²) in [5.41, 5.74) is 2.02. The molecule has 5 nitrogen and oxygen atoms in total. The van der Waals surface area contributed by atoms with Gasteiger partial charge in [0.1, 0.15) is 0 Å². The predicted octanol–water partition coefficient (Wildman–Crippen LogP) is 5.07. The maximum absolute atomic E-state index is 12.9. The lowest BCUT2D eigenvalue weighted by atomic mass is 9.88. The van der Waals surface area contributed by atoms with Crippen LogP contribution >= 0.6 is 0 Å². The van der Waals surface area contributed by atoms with Crippen molar-refractivity contribution >= 4 is 17.5 Å². The number of hydrogen-bond donors (Lipinski definition) is 1. The summed E-state index contributed by atoms with van der Waals surface area (Å²) in [5.74, 6) is 1.39. The van der Waals surface area contributed by atoms with Crippen molar-refractivity contribution in [1.82, 2.24) is 4.90 Å². The lowest BCUT2D eigenvalue weighted by Crippen LogP contribution is -2.46. The Morgan fingerprint density at radius 2 is 1.68 bits per heavy atom. The number of carbonyl (C=O) groups is 2. The maximum Gasteiger partial charge on any atom is 0.227 e. The Balaban J connectivity index is 1.19. The molecule has 4 aliphatic rings. The van der Waals surface area contributed by atoms with Crippen molar-refractivity contribution in [2.45, 2.75) is 82.8 Å². The van der Waals surface area contributed by atoms with Crippen LogP contribution in [0.5, 0.6) is 0 Å². The van der Waals surface area contributed by atoms with E-state index >= 15 is 0 Å². The molecule has 0 radical (unpaired) electrons. The van der Waals surface area contributed by atoms with Crippen LogP contribution in [0, 0.1) is 17.8 Å². The average molecular weight is 425 g/mol. The molecule has 168 valence electrons. The third-order valence-corrected chi connectivity index (χ3v) is 8.04. The lowest BCUT2D eigenvalue weighted by Gasteiger charge is -2.35. The van der Waals surface area contributed by atoms with Gasteiger partial charge in [-0.1, -0.05) is 44.2 Å². The average Bonchev–Trinajstić information content (AvgIpc) is 3.49. The summed E-state index contributed by atoms with van der Waals surface area (Å²) in [6.45, 7) is 1.68. The Hall–Kier alpha value is -1.88. The van der Waals surface area contributed by atoms with Crippen LogP contribution in [0.25, 0.3) is 0 Å². The van der Waals surface area contributed by atoms with E-state index in [2.05, 4.69) is 22.3 Å². The molecule has 2 heterocycles. The minimum absolute atomic E-state index is 0.0584. The molecule has 0 spiro atoms. The summed E-state index contributed by atoms with van der Waals surface area (Å²) < 4.78 is 6.43. The van der Waals surface area contributed by atoms with Crippen LogP contribution in [0.15, 0.2) is 24.3 Å². The molecule has 4 fully saturated rings. The lowest BCUT2D eigenvalue weighted by molar-refractivity contribution is -0.138. The summed E-state index contributed by atoms with van der Waals surface area (Å²) in [6.07, 6.45) is 12.4. The molecular weight excluding hydrogens is 388 g/mol. The molecule has 5 heteroatoms. The third-order valence-electron chi connectivity index (χ3n) is 8.04. The van der Waals surface area contributed by atoms with E-state index in [1.54, 1.807) is 0 Å². The fourth-order valence-corrected chi connectivity index (χ4v) is 6.23. The van der Waals surface area contributed by atoms with Gasteiger partial charge < -0.3 is 15.0 Å². The van der Waals surface area contributed by atoms with Crippen LogP contribution in [0.3, 0.4) is 0 Å². The minimum atomic E-state index is 0.0584. The minimum Gasteiger partial charge on any atom is -0.370 e. The quantitative estimate of drug-likeness (QED) is 0.734. The highest BCUT2D eigenvalue weighted by Crippen LogP contribution is 2.42. The van der Waals surface area contributed by atoms with Gasteiger partial charge in [0, 0.05) is 36.5 Å². The van der Waals surface area contributed by atoms with E-state index in [4.69, 9.17) is 4.74 Å². The van der Waals surface area contributed by atoms with E-state index in [1.165, 1.54) is 19.3 Å². The fourth-order valence-electron chi connectivity index (χ4n) is 6.23. The van der Waals surface area contributed by atoms with E-state index in [0.29, 0.717) is 11.8 Å². The van der Waals surface area contributed by atoms with Gasteiger partial charge in [0.2, 0.25) is 11.8 Å². The molecule has 2 saturated heterocycles. The van der Waals surface area contributed by atoms with Gasteiger partial charge >= 0.3 is 0 Å². The zero-order valence-electron chi connectivity index (χ0n) is 18.6. The summed E-state index contributed by atoms with van der Waals surface area (Å²) in [5, 5.41) is 3.14. The highest BCUT2D eigenvalue weighted by Gasteiger charge is 2.41. The first-order valence-corrected chi connectivity index (χ1v) is 12.5. The van der Waals surface area contributed by atoms with Gasteiger partial charge in [-0.3, -0.25) is 9.59 Å². The number of nitrogens with zero attached hydrogens (tertiary/aromatic N) is 1. The molecule has 0 unspecified atom stereocenters. The number of nitrogens with one attached hydrogen (secondary N) is 1. The van der Waals surface area contributed by atoms with Crippen LogP contribution in [0.4, 0.5) is 5.69 Å². The summed E-state index contributed by atoms with van der Waals surface area (Å²) in [6, 6.07) is 8.20. The molecule has 2 saturated carbocycles. The molecule has 1 aromatic carbocycles. The molecule has 2 aliphatic heterocycles. The third kappa shape index (κ3) is 4.67. The first kappa shape index (κ1) is 21.0. The van der Waals surface area contributed by atoms with E-state index in [-0.39, 0.29) is 30.0 Å². The monoisotopic (exact) mass is 424 g/mol. The molecule has 5 rings (SSSR count). The number of carbonyl (C=O) groups excluding carboxylic acids is 2. The molecule has 2 amide bonds. The highest BCUT2D eigenvalue weighted by atomic mass is 16.5. The second-order valence-corrected chi connectivity index (χ2v) is 10.2. The van der Waals surface area contributed by atoms with Gasteiger partial charge in [-0.05, 0) is 56.2 Å². The van der Waals surface area contributed by atoms with Crippen LogP contribution < -0.4 is 5.32 Å². The smallest absolute Gasteiger partial charge is 0.227 e. The summed E-state index contributed by atoms with van der Waals surface area (Å²) in [7, 11) is 0. The Bertz CT molecular complexity index is 798. The molecule has 1 aromatic rings. The number of rotatable bonds is 4. The highest BCUT2D eigenvalue weighted by molar-refractivity contribution is 5.92. The molecular formula is C26H36N2O3. The normalized spacial score (nSPS) is 29.7. The van der Waals surface area contributed by atoms with Gasteiger partial charge in [-0.15, -0.1) is 0 Å². The van der Waals surface area contributed by atoms with E-state index < -0.39 is 0 Å². The Labute approximate surface area is 185 Å². The van der Waals surface area contributed by atoms with Crippen LogP contribution in [0.1, 0.15) is 82.3 Å². The van der Waals surface area contributed by atoms with Gasteiger partial charge in [0.05, 0.1) is 12.2 Å². The fraction of sp³-hybridized carbons (Fsp3) is 0.692.